The van der Waals surface area contributed by atoms with E-state index in [4.69, 9.17) is 11.1 Å². The Morgan fingerprint density at radius 3 is 2.57 bits per heavy atom. The molecule has 0 aliphatic heterocycles. The van der Waals surface area contributed by atoms with Crippen LogP contribution in [-0.4, -0.2) is 18.4 Å². The molecule has 0 aliphatic rings. The highest BCUT2D eigenvalue weighted by atomic mass is 19.4. The first-order valence-corrected chi connectivity index (χ1v) is 8.41. The second kappa shape index (κ2) is 7.42. The molecule has 0 amide bonds. The highest BCUT2D eigenvalue weighted by molar-refractivity contribution is 6.09. The second-order valence-corrected chi connectivity index (χ2v) is 6.41. The Balaban J connectivity index is 2.30. The number of nitrogens with zero attached hydrogens (tertiary/aromatic N) is 1. The summed E-state index contributed by atoms with van der Waals surface area (Å²) in [4.78, 5) is 3.79. The number of amidine groups is 1. The molecule has 3 rings (SSSR count). The normalized spacial score (nSPS) is 12.0. The van der Waals surface area contributed by atoms with Gasteiger partial charge >= 0.3 is 6.18 Å². The predicted octanol–water partition coefficient (Wildman–Crippen LogP) is 5.37. The quantitative estimate of drug-likeness (QED) is 0.354. The number of hydrogen-bond acceptors (Lipinski definition) is 1. The molecule has 0 radical (unpaired) electrons. The fraction of sp³-hybridized carbons (Fsp3) is 0.143. The standard InChI is InChI=1S/C21H17F4N3/c1-12-17(20(27)28-11-26)8-14-5-6-16(22)9-18(14)19(12)15-4-2-3-13(7-15)10-21(23,24)25/h2-9,11H,10H2,1H3,(H3,26,27,28). The monoisotopic (exact) mass is 387 g/mol. The van der Waals surface area contributed by atoms with Gasteiger partial charge in [-0.1, -0.05) is 30.3 Å². The molecule has 0 heterocycles. The van der Waals surface area contributed by atoms with Crippen molar-refractivity contribution in [3.63, 3.8) is 0 Å². The molecule has 0 unspecified atom stereocenters. The number of halogens is 4. The topological polar surface area (TPSA) is 62.2 Å². The first-order chi connectivity index (χ1) is 13.2. The van der Waals surface area contributed by atoms with E-state index >= 15 is 0 Å². The Kier molecular flexibility index (Phi) is 5.18. The van der Waals surface area contributed by atoms with Crippen LogP contribution in [0.1, 0.15) is 16.7 Å². The third-order valence-electron chi connectivity index (χ3n) is 4.44. The molecule has 144 valence electrons. The maximum Gasteiger partial charge on any atom is 0.393 e. The lowest BCUT2D eigenvalue weighted by molar-refractivity contribution is -0.127. The van der Waals surface area contributed by atoms with Crippen LogP contribution in [0.15, 0.2) is 53.5 Å². The maximum atomic E-state index is 13.9. The van der Waals surface area contributed by atoms with Crippen LogP contribution >= 0.6 is 0 Å². The third-order valence-corrected chi connectivity index (χ3v) is 4.44. The highest BCUT2D eigenvalue weighted by Crippen LogP contribution is 2.36. The number of aliphatic imine (C=N–C) groups is 1. The molecule has 0 aliphatic carbocycles. The molecule has 0 aromatic heterocycles. The van der Waals surface area contributed by atoms with E-state index in [0.717, 1.165) is 6.34 Å². The predicted molar refractivity (Wildman–Crippen MR) is 103 cm³/mol. The van der Waals surface area contributed by atoms with Crippen LogP contribution in [0.25, 0.3) is 21.9 Å². The summed E-state index contributed by atoms with van der Waals surface area (Å²) < 4.78 is 52.3. The molecular weight excluding hydrogens is 370 g/mol. The van der Waals surface area contributed by atoms with Gasteiger partial charge < -0.3 is 5.73 Å². The summed E-state index contributed by atoms with van der Waals surface area (Å²) in [5.74, 6) is -0.540. The largest absolute Gasteiger partial charge is 0.393 e. The summed E-state index contributed by atoms with van der Waals surface area (Å²) in [7, 11) is 0. The van der Waals surface area contributed by atoms with Gasteiger partial charge in [-0.2, -0.15) is 13.2 Å². The van der Waals surface area contributed by atoms with Crippen LogP contribution in [0.4, 0.5) is 17.6 Å². The van der Waals surface area contributed by atoms with Crippen molar-refractivity contribution >= 4 is 22.9 Å². The van der Waals surface area contributed by atoms with E-state index in [9.17, 15) is 17.6 Å². The molecule has 0 spiro atoms. The van der Waals surface area contributed by atoms with Crippen LogP contribution in [0.2, 0.25) is 0 Å². The molecule has 7 heteroatoms. The number of alkyl halides is 3. The van der Waals surface area contributed by atoms with Gasteiger partial charge in [0.25, 0.3) is 0 Å². The lowest BCUT2D eigenvalue weighted by Crippen LogP contribution is -2.11. The molecule has 0 bridgehead atoms. The summed E-state index contributed by atoms with van der Waals surface area (Å²) in [5.41, 5.74) is 7.55. The molecule has 28 heavy (non-hydrogen) atoms. The summed E-state index contributed by atoms with van der Waals surface area (Å²) in [5, 5.41) is 9.31. The Bertz CT molecular complexity index is 1080. The minimum absolute atomic E-state index is 0.0843. The molecular formula is C21H17F4N3. The van der Waals surface area contributed by atoms with Gasteiger partial charge in [0.1, 0.15) is 5.82 Å². The van der Waals surface area contributed by atoms with E-state index in [1.54, 1.807) is 25.1 Å². The van der Waals surface area contributed by atoms with Gasteiger partial charge in [0.2, 0.25) is 0 Å². The molecule has 0 saturated heterocycles. The van der Waals surface area contributed by atoms with Crippen molar-refractivity contribution < 1.29 is 17.6 Å². The Hall–Kier alpha value is -3.22. The Labute approximate surface area is 159 Å². The summed E-state index contributed by atoms with van der Waals surface area (Å²) >= 11 is 0. The Morgan fingerprint density at radius 2 is 1.89 bits per heavy atom. The van der Waals surface area contributed by atoms with Crippen LogP contribution < -0.4 is 5.73 Å². The fourth-order valence-electron chi connectivity index (χ4n) is 3.30. The zero-order valence-corrected chi connectivity index (χ0v) is 14.9. The van der Waals surface area contributed by atoms with Crippen LogP contribution in [0.5, 0.6) is 0 Å². The van der Waals surface area contributed by atoms with E-state index in [0.29, 0.717) is 33.0 Å². The first kappa shape index (κ1) is 19.5. The third kappa shape index (κ3) is 4.03. The summed E-state index contributed by atoms with van der Waals surface area (Å²) in [6.45, 7) is 1.73. The molecule has 3 aromatic rings. The van der Waals surface area contributed by atoms with E-state index in [2.05, 4.69) is 4.99 Å². The number of benzene rings is 3. The van der Waals surface area contributed by atoms with Crippen molar-refractivity contribution in [2.75, 3.05) is 0 Å². The van der Waals surface area contributed by atoms with Gasteiger partial charge in [-0.05, 0) is 58.1 Å². The highest BCUT2D eigenvalue weighted by Gasteiger charge is 2.27. The average molecular weight is 387 g/mol. The number of nitrogens with two attached hydrogens (primary N) is 1. The number of nitrogens with one attached hydrogen (secondary N) is 1. The van der Waals surface area contributed by atoms with Gasteiger partial charge in [0, 0.05) is 5.56 Å². The van der Waals surface area contributed by atoms with Gasteiger partial charge in [0.15, 0.2) is 5.84 Å². The van der Waals surface area contributed by atoms with Crippen molar-refractivity contribution in [3.05, 3.63) is 71.0 Å². The van der Waals surface area contributed by atoms with Crippen LogP contribution in [0, 0.1) is 18.2 Å². The maximum absolute atomic E-state index is 13.9. The minimum Gasteiger partial charge on any atom is -0.390 e. The van der Waals surface area contributed by atoms with Crippen LogP contribution in [0.3, 0.4) is 0 Å². The van der Waals surface area contributed by atoms with Crippen molar-refractivity contribution in [3.8, 4) is 11.1 Å². The number of fused-ring (bicyclic) bond motifs is 1. The van der Waals surface area contributed by atoms with Gasteiger partial charge in [-0.3, -0.25) is 5.41 Å². The molecule has 3 N–H and O–H groups in total. The van der Waals surface area contributed by atoms with E-state index in [1.807, 2.05) is 0 Å². The molecule has 3 aromatic carbocycles. The first-order valence-electron chi connectivity index (χ1n) is 8.41. The molecule has 0 fully saturated rings. The summed E-state index contributed by atoms with van der Waals surface area (Å²) in [6.07, 6.45) is -4.39. The summed E-state index contributed by atoms with van der Waals surface area (Å²) in [6, 6.07) is 12.0. The Morgan fingerprint density at radius 1 is 1.14 bits per heavy atom. The fourth-order valence-corrected chi connectivity index (χ4v) is 3.30. The molecule has 0 atom stereocenters. The molecule has 3 nitrogen and oxygen atoms in total. The molecule has 0 saturated carbocycles. The van der Waals surface area contributed by atoms with Gasteiger partial charge in [-0.25, -0.2) is 9.38 Å². The zero-order valence-electron chi connectivity index (χ0n) is 14.9. The van der Waals surface area contributed by atoms with Crippen molar-refractivity contribution in [1.82, 2.24) is 0 Å². The van der Waals surface area contributed by atoms with Gasteiger partial charge in [0.05, 0.1) is 12.8 Å². The smallest absolute Gasteiger partial charge is 0.390 e. The van der Waals surface area contributed by atoms with Crippen LogP contribution in [-0.2, 0) is 6.42 Å². The lowest BCUT2D eigenvalue weighted by atomic mass is 9.89. The van der Waals surface area contributed by atoms with E-state index < -0.39 is 18.4 Å². The minimum atomic E-state index is -4.33. The lowest BCUT2D eigenvalue weighted by Gasteiger charge is -2.16. The number of hydrogen-bond donors (Lipinski definition) is 2. The van der Waals surface area contributed by atoms with Gasteiger partial charge in [-0.15, -0.1) is 0 Å². The van der Waals surface area contributed by atoms with Crippen molar-refractivity contribution in [2.24, 2.45) is 10.7 Å². The zero-order chi connectivity index (χ0) is 20.5. The van der Waals surface area contributed by atoms with E-state index in [1.165, 1.54) is 30.3 Å². The number of rotatable bonds is 3. The average Bonchev–Trinajstić information content (AvgIpc) is 2.60. The van der Waals surface area contributed by atoms with Crippen molar-refractivity contribution in [1.29, 1.82) is 5.41 Å². The SMILES string of the molecule is Cc1c(C(=N)N=CN)cc2ccc(F)cc2c1-c1cccc(CC(F)(F)F)c1. The van der Waals surface area contributed by atoms with E-state index in [-0.39, 0.29) is 11.4 Å². The second-order valence-electron chi connectivity index (χ2n) is 6.41. The van der Waals surface area contributed by atoms with Crippen molar-refractivity contribution in [2.45, 2.75) is 19.5 Å².